The summed E-state index contributed by atoms with van der Waals surface area (Å²) in [5.74, 6) is -0.616. The van der Waals surface area contributed by atoms with Crippen LogP contribution in [0.1, 0.15) is 11.6 Å². The van der Waals surface area contributed by atoms with Crippen LogP contribution in [0.15, 0.2) is 12.1 Å². The molecule has 0 unspecified atom stereocenters. The summed E-state index contributed by atoms with van der Waals surface area (Å²) in [5, 5.41) is 9.53. The van der Waals surface area contributed by atoms with Gasteiger partial charge in [0.2, 0.25) is 0 Å². The predicted octanol–water partition coefficient (Wildman–Crippen LogP) is 1.97. The molecule has 0 heterocycles. The molecular formula is C10H12F3NO3. The number of benzene rings is 1. The quantitative estimate of drug-likeness (QED) is 0.862. The Morgan fingerprint density at radius 1 is 1.24 bits per heavy atom. The van der Waals surface area contributed by atoms with Crippen LogP contribution in [-0.2, 0) is 0 Å². The Balaban J connectivity index is 3.32. The van der Waals surface area contributed by atoms with E-state index in [1.54, 1.807) is 0 Å². The molecule has 1 rings (SSSR count). The normalized spacial score (nSPS) is 13.3. The zero-order valence-corrected chi connectivity index (χ0v) is 9.21. The molecule has 0 aliphatic carbocycles. The van der Waals surface area contributed by atoms with Crippen LogP contribution in [0.2, 0.25) is 0 Å². The maximum atomic E-state index is 12.5. The number of methoxy groups -OCH3 is 2. The van der Waals surface area contributed by atoms with Gasteiger partial charge in [-0.1, -0.05) is 0 Å². The number of alkyl halides is 3. The molecule has 1 aromatic rings. The van der Waals surface area contributed by atoms with Crippen molar-refractivity contribution in [1.82, 2.24) is 0 Å². The SMILES string of the molecule is COc1cc(O)c([C@H](N)C(F)(F)F)c(OC)c1. The lowest BCUT2D eigenvalue weighted by Crippen LogP contribution is -2.29. The summed E-state index contributed by atoms with van der Waals surface area (Å²) < 4.78 is 47.0. The van der Waals surface area contributed by atoms with E-state index in [0.717, 1.165) is 6.07 Å². The molecule has 0 aromatic heterocycles. The summed E-state index contributed by atoms with van der Waals surface area (Å²) in [7, 11) is 2.50. The molecule has 4 nitrogen and oxygen atoms in total. The van der Waals surface area contributed by atoms with Crippen molar-refractivity contribution in [1.29, 1.82) is 0 Å². The van der Waals surface area contributed by atoms with Crippen LogP contribution in [0.25, 0.3) is 0 Å². The molecule has 0 radical (unpaired) electrons. The molecule has 17 heavy (non-hydrogen) atoms. The predicted molar refractivity (Wildman–Crippen MR) is 54.2 cm³/mol. The standard InChI is InChI=1S/C10H12F3NO3/c1-16-5-3-6(15)8(7(4-5)17-2)9(14)10(11,12)13/h3-4,9,15H,14H2,1-2H3/t9-/m0/s1. The van der Waals surface area contributed by atoms with E-state index in [9.17, 15) is 18.3 Å². The Morgan fingerprint density at radius 2 is 1.82 bits per heavy atom. The largest absolute Gasteiger partial charge is 0.507 e. The van der Waals surface area contributed by atoms with Crippen molar-refractivity contribution >= 4 is 0 Å². The van der Waals surface area contributed by atoms with Gasteiger partial charge in [-0.25, -0.2) is 0 Å². The third kappa shape index (κ3) is 2.73. The van der Waals surface area contributed by atoms with Crippen molar-refractivity contribution in [2.24, 2.45) is 5.73 Å². The summed E-state index contributed by atoms with van der Waals surface area (Å²) in [4.78, 5) is 0. The Hall–Kier alpha value is -1.63. The summed E-state index contributed by atoms with van der Waals surface area (Å²) in [6.07, 6.45) is -4.67. The number of phenols is 1. The Labute approximate surface area is 95.7 Å². The number of halogens is 3. The summed E-state index contributed by atoms with van der Waals surface area (Å²) in [6, 6.07) is -0.0484. The van der Waals surface area contributed by atoms with E-state index in [2.05, 4.69) is 0 Å². The van der Waals surface area contributed by atoms with Crippen molar-refractivity contribution in [3.05, 3.63) is 17.7 Å². The Kier molecular flexibility index (Phi) is 3.72. The zero-order valence-electron chi connectivity index (χ0n) is 9.21. The number of ether oxygens (including phenoxy) is 2. The molecule has 0 fully saturated rings. The monoisotopic (exact) mass is 251 g/mol. The molecule has 0 saturated carbocycles. The van der Waals surface area contributed by atoms with Crippen LogP contribution in [0.5, 0.6) is 17.2 Å². The van der Waals surface area contributed by atoms with Gasteiger partial charge in [-0.3, -0.25) is 0 Å². The van der Waals surface area contributed by atoms with Crippen LogP contribution in [0.4, 0.5) is 13.2 Å². The van der Waals surface area contributed by atoms with Gasteiger partial charge in [-0.2, -0.15) is 13.2 Å². The van der Waals surface area contributed by atoms with Crippen LogP contribution in [0, 0.1) is 0 Å². The number of hydrogen-bond donors (Lipinski definition) is 2. The minimum atomic E-state index is -4.67. The average Bonchev–Trinajstić information content (AvgIpc) is 2.25. The maximum Gasteiger partial charge on any atom is 0.407 e. The molecule has 0 spiro atoms. The third-order valence-corrected chi connectivity index (χ3v) is 2.21. The first-order chi connectivity index (χ1) is 7.81. The smallest absolute Gasteiger partial charge is 0.407 e. The van der Waals surface area contributed by atoms with Crippen LogP contribution >= 0.6 is 0 Å². The van der Waals surface area contributed by atoms with Crippen LogP contribution in [0.3, 0.4) is 0 Å². The van der Waals surface area contributed by atoms with E-state index < -0.39 is 23.5 Å². The number of rotatable bonds is 3. The van der Waals surface area contributed by atoms with E-state index in [-0.39, 0.29) is 11.5 Å². The Morgan fingerprint density at radius 3 is 2.24 bits per heavy atom. The van der Waals surface area contributed by atoms with E-state index in [0.29, 0.717) is 0 Å². The second kappa shape index (κ2) is 4.70. The number of phenolic OH excluding ortho intramolecular Hbond substituents is 1. The maximum absolute atomic E-state index is 12.5. The lowest BCUT2D eigenvalue weighted by molar-refractivity contribution is -0.149. The molecule has 0 aliphatic rings. The van der Waals surface area contributed by atoms with Gasteiger partial charge in [0.15, 0.2) is 0 Å². The van der Waals surface area contributed by atoms with Gasteiger partial charge in [0.25, 0.3) is 0 Å². The molecule has 0 aliphatic heterocycles. The number of nitrogens with two attached hydrogens (primary N) is 1. The van der Waals surface area contributed by atoms with Crippen molar-refractivity contribution in [3.8, 4) is 17.2 Å². The van der Waals surface area contributed by atoms with Gasteiger partial charge in [0.05, 0.1) is 19.8 Å². The van der Waals surface area contributed by atoms with Crippen molar-refractivity contribution in [2.75, 3.05) is 14.2 Å². The van der Waals surface area contributed by atoms with Gasteiger partial charge >= 0.3 is 6.18 Å². The first kappa shape index (κ1) is 13.4. The first-order valence-electron chi connectivity index (χ1n) is 4.58. The summed E-state index contributed by atoms with van der Waals surface area (Å²) in [5.41, 5.74) is 4.52. The van der Waals surface area contributed by atoms with Crippen LogP contribution in [-0.4, -0.2) is 25.5 Å². The molecule has 1 aromatic carbocycles. The highest BCUT2D eigenvalue weighted by Crippen LogP contribution is 2.42. The molecule has 7 heteroatoms. The lowest BCUT2D eigenvalue weighted by atomic mass is 10.0. The molecule has 0 bridgehead atoms. The second-order valence-electron chi connectivity index (χ2n) is 3.28. The van der Waals surface area contributed by atoms with E-state index in [4.69, 9.17) is 15.2 Å². The molecule has 3 N–H and O–H groups in total. The fourth-order valence-corrected chi connectivity index (χ4v) is 1.35. The zero-order chi connectivity index (χ0) is 13.2. The Bertz CT molecular complexity index is 407. The van der Waals surface area contributed by atoms with Gasteiger partial charge in [0, 0.05) is 12.1 Å². The topological polar surface area (TPSA) is 64.7 Å². The molecular weight excluding hydrogens is 239 g/mol. The second-order valence-corrected chi connectivity index (χ2v) is 3.28. The fraction of sp³-hybridized carbons (Fsp3) is 0.400. The summed E-state index contributed by atoms with van der Waals surface area (Å²) >= 11 is 0. The summed E-state index contributed by atoms with van der Waals surface area (Å²) in [6.45, 7) is 0. The fourth-order valence-electron chi connectivity index (χ4n) is 1.35. The highest BCUT2D eigenvalue weighted by atomic mass is 19.4. The van der Waals surface area contributed by atoms with Crippen LogP contribution < -0.4 is 15.2 Å². The van der Waals surface area contributed by atoms with E-state index in [1.165, 1.54) is 20.3 Å². The van der Waals surface area contributed by atoms with Gasteiger partial charge in [-0.15, -0.1) is 0 Å². The lowest BCUT2D eigenvalue weighted by Gasteiger charge is -2.20. The van der Waals surface area contributed by atoms with Crippen molar-refractivity contribution in [3.63, 3.8) is 0 Å². The van der Waals surface area contributed by atoms with Gasteiger partial charge in [0.1, 0.15) is 23.3 Å². The molecule has 0 amide bonds. The average molecular weight is 251 g/mol. The van der Waals surface area contributed by atoms with E-state index >= 15 is 0 Å². The highest BCUT2D eigenvalue weighted by molar-refractivity contribution is 5.51. The third-order valence-electron chi connectivity index (χ3n) is 2.21. The number of aromatic hydroxyl groups is 1. The first-order valence-corrected chi connectivity index (χ1v) is 4.58. The molecule has 0 saturated heterocycles. The molecule has 1 atom stereocenters. The van der Waals surface area contributed by atoms with Crippen molar-refractivity contribution in [2.45, 2.75) is 12.2 Å². The van der Waals surface area contributed by atoms with E-state index in [1.807, 2.05) is 0 Å². The van der Waals surface area contributed by atoms with Crippen molar-refractivity contribution < 1.29 is 27.8 Å². The highest BCUT2D eigenvalue weighted by Gasteiger charge is 2.41. The number of hydrogen-bond acceptors (Lipinski definition) is 4. The van der Waals surface area contributed by atoms with Gasteiger partial charge < -0.3 is 20.3 Å². The minimum absolute atomic E-state index is 0.174. The molecule has 96 valence electrons. The van der Waals surface area contributed by atoms with Gasteiger partial charge in [-0.05, 0) is 0 Å². The minimum Gasteiger partial charge on any atom is -0.507 e.